The number of aromatic amines is 1. The van der Waals surface area contributed by atoms with Crippen LogP contribution in [0.2, 0.25) is 10.0 Å². The first-order chi connectivity index (χ1) is 10.5. The lowest BCUT2D eigenvalue weighted by molar-refractivity contribution is -0.192. The van der Waals surface area contributed by atoms with E-state index in [1.807, 2.05) is 0 Å². The molecule has 2 N–H and O–H groups in total. The lowest BCUT2D eigenvalue weighted by Crippen LogP contribution is -2.21. The summed E-state index contributed by atoms with van der Waals surface area (Å²) in [5.74, 6) is -3.44. The summed E-state index contributed by atoms with van der Waals surface area (Å²) < 4.78 is 45.4. The second-order valence-electron chi connectivity index (χ2n) is 3.82. The molecule has 24 heavy (non-hydrogen) atoms. The lowest BCUT2D eigenvalue weighted by atomic mass is 10.1. The highest BCUT2D eigenvalue weighted by Gasteiger charge is 2.38. The van der Waals surface area contributed by atoms with Gasteiger partial charge in [-0.1, -0.05) is 23.2 Å². The molecule has 0 saturated carbocycles. The van der Waals surface area contributed by atoms with Gasteiger partial charge in [-0.05, 0) is 12.1 Å². The number of carbonyl (C=O) groups is 1. The number of nitrogens with zero attached hydrogens (tertiary/aromatic N) is 1. The van der Waals surface area contributed by atoms with Crippen LogP contribution < -0.4 is 5.56 Å². The number of aliphatic carboxylic acids is 1. The number of H-pyrrole nitrogens is 1. The van der Waals surface area contributed by atoms with E-state index < -0.39 is 18.0 Å². The Hall–Kier alpha value is -1.65. The fourth-order valence-corrected chi connectivity index (χ4v) is 1.67. The van der Waals surface area contributed by atoms with Gasteiger partial charge in [-0.15, -0.1) is 17.0 Å². The van der Waals surface area contributed by atoms with Crippen LogP contribution >= 0.6 is 40.2 Å². The Morgan fingerprint density at radius 1 is 1.21 bits per heavy atom. The molecule has 2 aromatic rings. The van der Waals surface area contributed by atoms with Gasteiger partial charge in [0, 0.05) is 6.07 Å². The van der Waals surface area contributed by atoms with Crippen LogP contribution in [-0.2, 0) is 4.79 Å². The van der Waals surface area contributed by atoms with Gasteiger partial charge in [0.1, 0.15) is 0 Å². The summed E-state index contributed by atoms with van der Waals surface area (Å²) >= 11 is 11.5. The zero-order chi connectivity index (χ0) is 17.8. The molecule has 12 heteroatoms. The van der Waals surface area contributed by atoms with Crippen LogP contribution in [0.5, 0.6) is 0 Å². The molecule has 132 valence electrons. The maximum atomic E-state index is 13.7. The number of nitrogens with one attached hydrogen (secondary N) is 1. The van der Waals surface area contributed by atoms with Gasteiger partial charge in [0.05, 0.1) is 27.6 Å². The summed E-state index contributed by atoms with van der Waals surface area (Å²) in [6.07, 6.45) is -3.91. The van der Waals surface area contributed by atoms with Crippen molar-refractivity contribution in [2.24, 2.45) is 0 Å². The molecule has 0 aliphatic carbocycles. The van der Waals surface area contributed by atoms with Gasteiger partial charge in [0.25, 0.3) is 5.56 Å². The smallest absolute Gasteiger partial charge is 0.475 e. The molecule has 0 spiro atoms. The number of rotatable bonds is 1. The minimum Gasteiger partial charge on any atom is -0.475 e. The number of benzene rings is 1. The highest BCUT2D eigenvalue weighted by atomic mass is 79.9. The first-order valence-corrected chi connectivity index (χ1v) is 6.28. The summed E-state index contributed by atoms with van der Waals surface area (Å²) in [5.41, 5.74) is -0.213. The van der Waals surface area contributed by atoms with E-state index in [1.54, 1.807) is 0 Å². The molecule has 0 atom stereocenters. The minimum absolute atomic E-state index is 0. The van der Waals surface area contributed by atoms with E-state index in [9.17, 15) is 22.4 Å². The molecular weight excluding hydrogens is 447 g/mol. The zero-order valence-electron chi connectivity index (χ0n) is 11.2. The van der Waals surface area contributed by atoms with Crippen molar-refractivity contribution in [1.82, 2.24) is 9.97 Å². The van der Waals surface area contributed by atoms with E-state index >= 15 is 0 Å². The van der Waals surface area contributed by atoms with Crippen molar-refractivity contribution in [3.05, 3.63) is 50.7 Å². The molecule has 0 amide bonds. The van der Waals surface area contributed by atoms with Gasteiger partial charge >= 0.3 is 12.1 Å². The number of halogens is 7. The number of hydrogen-bond acceptors (Lipinski definition) is 3. The molecule has 0 radical (unpaired) electrons. The standard InChI is InChI=1S/C10H5Cl2FN2O.C2HF3O2.BrH/c11-5-1-2-6(12)10(13)9(5)7-3-8(16)15-4-14-7;3-2(4,5)1(6)7;/h1-4H,(H,14,15,16);(H,6,7);1H. The Morgan fingerprint density at radius 3 is 2.17 bits per heavy atom. The predicted octanol–water partition coefficient (Wildman–Crippen LogP) is 4.09. The molecular formula is C12H7BrCl2F4N2O3. The SMILES string of the molecule is Br.O=C(O)C(F)(F)F.O=c1cc(-c2c(Cl)ccc(Cl)c2F)nc[nH]1. The van der Waals surface area contributed by atoms with Crippen molar-refractivity contribution in [2.45, 2.75) is 6.18 Å². The largest absolute Gasteiger partial charge is 0.490 e. The van der Waals surface area contributed by atoms with Gasteiger partial charge in [0.15, 0.2) is 5.82 Å². The molecule has 0 saturated heterocycles. The Balaban J connectivity index is 0.000000570. The van der Waals surface area contributed by atoms with Crippen molar-refractivity contribution in [3.63, 3.8) is 0 Å². The summed E-state index contributed by atoms with van der Waals surface area (Å²) in [7, 11) is 0. The first-order valence-electron chi connectivity index (χ1n) is 5.52. The predicted molar refractivity (Wildman–Crippen MR) is 84.3 cm³/mol. The maximum absolute atomic E-state index is 13.7. The van der Waals surface area contributed by atoms with E-state index in [0.29, 0.717) is 0 Å². The number of aromatic nitrogens is 2. The highest BCUT2D eigenvalue weighted by Crippen LogP contribution is 2.32. The number of alkyl halides is 3. The second kappa shape index (κ2) is 9.00. The highest BCUT2D eigenvalue weighted by molar-refractivity contribution is 8.93. The topological polar surface area (TPSA) is 83.0 Å². The fraction of sp³-hybridized carbons (Fsp3) is 0.0833. The molecule has 0 fully saturated rings. The number of carboxylic acids is 1. The molecule has 0 unspecified atom stereocenters. The van der Waals surface area contributed by atoms with Crippen molar-refractivity contribution < 1.29 is 27.5 Å². The first kappa shape index (κ1) is 22.4. The third-order valence-electron chi connectivity index (χ3n) is 2.22. The van der Waals surface area contributed by atoms with Crippen molar-refractivity contribution in [1.29, 1.82) is 0 Å². The van der Waals surface area contributed by atoms with E-state index in [0.717, 1.165) is 6.07 Å². The molecule has 0 aliphatic heterocycles. The van der Waals surface area contributed by atoms with E-state index in [4.69, 9.17) is 33.1 Å². The van der Waals surface area contributed by atoms with Gasteiger partial charge < -0.3 is 10.1 Å². The van der Waals surface area contributed by atoms with Gasteiger partial charge in [-0.2, -0.15) is 13.2 Å². The molecule has 1 aromatic heterocycles. The average Bonchev–Trinajstić information content (AvgIpc) is 2.43. The molecule has 2 rings (SSSR count). The fourth-order valence-electron chi connectivity index (χ4n) is 1.27. The maximum Gasteiger partial charge on any atom is 0.490 e. The molecule has 5 nitrogen and oxygen atoms in total. The summed E-state index contributed by atoms with van der Waals surface area (Å²) in [6.45, 7) is 0. The van der Waals surface area contributed by atoms with Crippen LogP contribution in [0, 0.1) is 5.82 Å². The molecule has 0 aliphatic rings. The zero-order valence-corrected chi connectivity index (χ0v) is 14.4. The summed E-state index contributed by atoms with van der Waals surface area (Å²) in [5, 5.41) is 7.21. The Kier molecular flexibility index (Phi) is 8.38. The number of hydrogen-bond donors (Lipinski definition) is 2. The van der Waals surface area contributed by atoms with Crippen molar-refractivity contribution in [3.8, 4) is 11.3 Å². The van der Waals surface area contributed by atoms with Gasteiger partial charge in [-0.3, -0.25) is 4.79 Å². The van der Waals surface area contributed by atoms with E-state index in [1.165, 1.54) is 18.5 Å². The van der Waals surface area contributed by atoms with Crippen molar-refractivity contribution in [2.75, 3.05) is 0 Å². The molecule has 0 bridgehead atoms. The minimum atomic E-state index is -5.08. The molecule has 1 aromatic carbocycles. The van der Waals surface area contributed by atoms with Crippen LogP contribution in [0.15, 0.2) is 29.3 Å². The van der Waals surface area contributed by atoms with Gasteiger partial charge in [-0.25, -0.2) is 14.2 Å². The Bertz CT molecular complexity index is 784. The van der Waals surface area contributed by atoms with Crippen molar-refractivity contribution >= 4 is 46.2 Å². The van der Waals surface area contributed by atoms with Crippen LogP contribution in [0.25, 0.3) is 11.3 Å². The Labute approximate surface area is 152 Å². The third kappa shape index (κ3) is 6.10. The summed E-state index contributed by atoms with van der Waals surface area (Å²) in [6, 6.07) is 3.95. The lowest BCUT2D eigenvalue weighted by Gasteiger charge is -2.05. The van der Waals surface area contributed by atoms with Crippen LogP contribution in [0.3, 0.4) is 0 Å². The van der Waals surface area contributed by atoms with Crippen LogP contribution in [-0.4, -0.2) is 27.2 Å². The Morgan fingerprint density at radius 2 is 1.71 bits per heavy atom. The monoisotopic (exact) mass is 452 g/mol. The third-order valence-corrected chi connectivity index (χ3v) is 2.83. The molecule has 1 heterocycles. The van der Waals surface area contributed by atoms with Crippen LogP contribution in [0.4, 0.5) is 17.6 Å². The normalized spacial score (nSPS) is 10.2. The second-order valence-corrected chi connectivity index (χ2v) is 4.63. The average molecular weight is 454 g/mol. The van der Waals surface area contributed by atoms with E-state index in [-0.39, 0.29) is 43.8 Å². The van der Waals surface area contributed by atoms with E-state index in [2.05, 4.69) is 9.97 Å². The van der Waals surface area contributed by atoms with Gasteiger partial charge in [0.2, 0.25) is 0 Å². The number of carboxylic acid groups (broad SMARTS) is 1. The van der Waals surface area contributed by atoms with Crippen LogP contribution in [0.1, 0.15) is 0 Å². The summed E-state index contributed by atoms with van der Waals surface area (Å²) in [4.78, 5) is 26.1. The quantitative estimate of drug-likeness (QED) is 0.503.